The molecule has 0 bridgehead atoms. The topological polar surface area (TPSA) is 61.2 Å². The number of nitrogens with zero attached hydrogens (tertiary/aromatic N) is 3. The Labute approximate surface area is 124 Å². The van der Waals surface area contributed by atoms with Crippen LogP contribution in [-0.2, 0) is 16.0 Å². The first-order valence-corrected chi connectivity index (χ1v) is 7.06. The fourth-order valence-electron chi connectivity index (χ4n) is 2.27. The number of anilines is 1. The molecule has 0 saturated carbocycles. The zero-order chi connectivity index (χ0) is 14.7. The highest BCUT2D eigenvalue weighted by atomic mass is 16.7. The zero-order valence-electron chi connectivity index (χ0n) is 12.3. The summed E-state index contributed by atoms with van der Waals surface area (Å²) in [6.45, 7) is 5.85. The molecule has 2 heterocycles. The minimum Gasteiger partial charge on any atom is -0.378 e. The second-order valence-electron chi connectivity index (χ2n) is 5.66. The van der Waals surface area contributed by atoms with Crippen molar-refractivity contribution in [2.45, 2.75) is 32.2 Å². The van der Waals surface area contributed by atoms with Crippen LogP contribution in [0, 0.1) is 0 Å². The average Bonchev–Trinajstić information content (AvgIpc) is 2.95. The highest BCUT2D eigenvalue weighted by Crippen LogP contribution is 2.20. The van der Waals surface area contributed by atoms with Crippen molar-refractivity contribution in [2.24, 2.45) is 0 Å². The Hall–Kier alpha value is -1.92. The lowest BCUT2D eigenvalue weighted by Gasteiger charge is -2.35. The van der Waals surface area contributed by atoms with E-state index in [9.17, 15) is 0 Å². The summed E-state index contributed by atoms with van der Waals surface area (Å²) >= 11 is 0. The number of hydrogen-bond acceptors (Lipinski definition) is 5. The second kappa shape index (κ2) is 5.83. The van der Waals surface area contributed by atoms with Gasteiger partial charge in [0.15, 0.2) is 5.79 Å². The van der Waals surface area contributed by atoms with E-state index in [2.05, 4.69) is 27.5 Å². The van der Waals surface area contributed by atoms with E-state index in [1.54, 1.807) is 17.3 Å². The van der Waals surface area contributed by atoms with Gasteiger partial charge in [0.1, 0.15) is 12.7 Å². The molecule has 6 heteroatoms. The van der Waals surface area contributed by atoms with Crippen LogP contribution in [0.3, 0.4) is 0 Å². The Morgan fingerprint density at radius 3 is 2.86 bits per heavy atom. The van der Waals surface area contributed by atoms with Crippen molar-refractivity contribution in [2.75, 3.05) is 18.5 Å². The van der Waals surface area contributed by atoms with E-state index >= 15 is 0 Å². The highest BCUT2D eigenvalue weighted by Gasteiger charge is 2.28. The van der Waals surface area contributed by atoms with Gasteiger partial charge in [-0.1, -0.05) is 12.1 Å². The van der Waals surface area contributed by atoms with Crippen LogP contribution >= 0.6 is 0 Å². The fraction of sp³-hybridized carbons (Fsp3) is 0.467. The normalized spacial score (nSPS) is 18.6. The smallest absolute Gasteiger partial charge is 0.162 e. The molecule has 112 valence electrons. The number of nitrogens with one attached hydrogen (secondary N) is 1. The third-order valence-corrected chi connectivity index (χ3v) is 3.37. The third-order valence-electron chi connectivity index (χ3n) is 3.37. The molecule has 0 unspecified atom stereocenters. The highest BCUT2D eigenvalue weighted by molar-refractivity contribution is 5.46. The Morgan fingerprint density at radius 1 is 1.33 bits per heavy atom. The van der Waals surface area contributed by atoms with E-state index in [-0.39, 0.29) is 6.04 Å². The minimum atomic E-state index is -0.479. The van der Waals surface area contributed by atoms with Gasteiger partial charge in [-0.05, 0) is 31.5 Å². The predicted octanol–water partition coefficient (Wildman–Crippen LogP) is 1.89. The van der Waals surface area contributed by atoms with Crippen LogP contribution in [0.2, 0.25) is 0 Å². The Balaban J connectivity index is 1.61. The summed E-state index contributed by atoms with van der Waals surface area (Å²) in [5.74, 6) is -0.479. The van der Waals surface area contributed by atoms with E-state index < -0.39 is 5.79 Å². The number of benzene rings is 1. The molecule has 21 heavy (non-hydrogen) atoms. The minimum absolute atomic E-state index is 0.166. The molecule has 1 saturated heterocycles. The summed E-state index contributed by atoms with van der Waals surface area (Å²) < 4.78 is 13.1. The van der Waals surface area contributed by atoms with Crippen LogP contribution in [0.4, 0.5) is 5.69 Å². The molecule has 2 aromatic rings. The standard InChI is InChI=1S/C15H20N4O2/c1-15(2)20-8-14(9-21-15)18-13-5-3-4-12(6-13)7-19-11-16-10-17-19/h3-6,10-11,14,18H,7-9H2,1-2H3. The van der Waals surface area contributed by atoms with Crippen molar-refractivity contribution in [3.63, 3.8) is 0 Å². The first-order valence-electron chi connectivity index (χ1n) is 7.06. The lowest BCUT2D eigenvalue weighted by Crippen LogP contribution is -2.45. The summed E-state index contributed by atoms with van der Waals surface area (Å²) in [5.41, 5.74) is 2.23. The molecule has 0 aliphatic carbocycles. The van der Waals surface area contributed by atoms with Crippen molar-refractivity contribution >= 4 is 5.69 Å². The van der Waals surface area contributed by atoms with E-state index in [1.165, 1.54) is 5.56 Å². The molecule has 0 spiro atoms. The van der Waals surface area contributed by atoms with Gasteiger partial charge < -0.3 is 14.8 Å². The number of ether oxygens (including phenoxy) is 2. The van der Waals surface area contributed by atoms with Crippen molar-refractivity contribution in [1.29, 1.82) is 0 Å². The zero-order valence-corrected chi connectivity index (χ0v) is 12.3. The Morgan fingerprint density at radius 2 is 2.14 bits per heavy atom. The average molecular weight is 288 g/mol. The monoisotopic (exact) mass is 288 g/mol. The van der Waals surface area contributed by atoms with Gasteiger partial charge in [0.05, 0.1) is 25.8 Å². The first-order chi connectivity index (χ1) is 10.1. The fourth-order valence-corrected chi connectivity index (χ4v) is 2.27. The van der Waals surface area contributed by atoms with E-state index in [0.29, 0.717) is 19.8 Å². The maximum Gasteiger partial charge on any atom is 0.162 e. The molecule has 3 rings (SSSR count). The van der Waals surface area contributed by atoms with Gasteiger partial charge in [0, 0.05) is 5.69 Å². The van der Waals surface area contributed by atoms with Crippen LogP contribution in [0.5, 0.6) is 0 Å². The van der Waals surface area contributed by atoms with Gasteiger partial charge in [-0.2, -0.15) is 5.10 Å². The molecule has 1 aromatic carbocycles. The lowest BCUT2D eigenvalue weighted by molar-refractivity contribution is -0.247. The quantitative estimate of drug-likeness (QED) is 0.931. The van der Waals surface area contributed by atoms with E-state index in [1.807, 2.05) is 26.0 Å². The first kappa shape index (κ1) is 14.0. The van der Waals surface area contributed by atoms with Crippen LogP contribution in [0.15, 0.2) is 36.9 Å². The number of hydrogen-bond donors (Lipinski definition) is 1. The third kappa shape index (κ3) is 3.80. The molecule has 1 aliphatic rings. The predicted molar refractivity (Wildman–Crippen MR) is 79.0 cm³/mol. The van der Waals surface area contributed by atoms with E-state index in [4.69, 9.17) is 9.47 Å². The Kier molecular flexibility index (Phi) is 3.90. The number of rotatable bonds is 4. The van der Waals surface area contributed by atoms with Gasteiger partial charge >= 0.3 is 0 Å². The Bertz CT molecular complexity index is 573. The molecule has 1 aromatic heterocycles. The molecule has 0 amide bonds. The summed E-state index contributed by atoms with van der Waals surface area (Å²) in [7, 11) is 0. The molecule has 0 radical (unpaired) electrons. The molecule has 1 N–H and O–H groups in total. The van der Waals surface area contributed by atoms with Crippen LogP contribution in [0.25, 0.3) is 0 Å². The lowest BCUT2D eigenvalue weighted by atomic mass is 10.2. The van der Waals surface area contributed by atoms with Gasteiger partial charge in [0.25, 0.3) is 0 Å². The summed E-state index contributed by atoms with van der Waals surface area (Å²) in [6, 6.07) is 8.43. The van der Waals surface area contributed by atoms with Gasteiger partial charge in [0.2, 0.25) is 0 Å². The van der Waals surface area contributed by atoms with Gasteiger partial charge in [-0.3, -0.25) is 0 Å². The largest absolute Gasteiger partial charge is 0.378 e. The van der Waals surface area contributed by atoms with Crippen molar-refractivity contribution in [3.8, 4) is 0 Å². The van der Waals surface area contributed by atoms with Crippen molar-refractivity contribution in [1.82, 2.24) is 14.8 Å². The van der Waals surface area contributed by atoms with Gasteiger partial charge in [-0.25, -0.2) is 9.67 Å². The van der Waals surface area contributed by atoms with Crippen molar-refractivity contribution in [3.05, 3.63) is 42.5 Å². The van der Waals surface area contributed by atoms with Crippen molar-refractivity contribution < 1.29 is 9.47 Å². The van der Waals surface area contributed by atoms with Crippen LogP contribution < -0.4 is 5.32 Å². The van der Waals surface area contributed by atoms with Crippen LogP contribution in [-0.4, -0.2) is 39.8 Å². The molecule has 0 atom stereocenters. The summed E-state index contributed by atoms with van der Waals surface area (Å²) in [4.78, 5) is 3.95. The molecule has 1 aliphatic heterocycles. The number of aromatic nitrogens is 3. The molecule has 1 fully saturated rings. The molecular weight excluding hydrogens is 268 g/mol. The molecular formula is C15H20N4O2. The summed E-state index contributed by atoms with van der Waals surface area (Å²) in [6.07, 6.45) is 3.26. The van der Waals surface area contributed by atoms with Crippen LogP contribution in [0.1, 0.15) is 19.4 Å². The van der Waals surface area contributed by atoms with E-state index in [0.717, 1.165) is 5.69 Å². The second-order valence-corrected chi connectivity index (χ2v) is 5.66. The molecule has 6 nitrogen and oxygen atoms in total. The van der Waals surface area contributed by atoms with Gasteiger partial charge in [-0.15, -0.1) is 0 Å². The maximum atomic E-state index is 5.66. The summed E-state index contributed by atoms with van der Waals surface area (Å²) in [5, 5.41) is 7.56. The SMILES string of the molecule is CC1(C)OCC(Nc2cccc(Cn3cncn3)c2)CO1. The maximum absolute atomic E-state index is 5.66.